The van der Waals surface area contributed by atoms with Crippen LogP contribution in [0.5, 0.6) is 0 Å². The van der Waals surface area contributed by atoms with Crippen molar-refractivity contribution in [1.82, 2.24) is 0 Å². The largest absolute Gasteiger partial charge is 0.324 e. The Labute approximate surface area is 83.8 Å². The Balaban J connectivity index is 3.33. The molecule has 0 aromatic heterocycles. The Morgan fingerprint density at radius 3 is 2.58 bits per heavy atom. The predicted molar refractivity (Wildman–Crippen MR) is 51.7 cm³/mol. The number of hydrogen-bond donors (Lipinski definition) is 1. The van der Waals surface area contributed by atoms with Crippen molar-refractivity contribution in [3.05, 3.63) is 33.0 Å². The van der Waals surface area contributed by atoms with E-state index in [1.165, 1.54) is 6.07 Å². The second-order valence-electron chi connectivity index (χ2n) is 2.55. The van der Waals surface area contributed by atoms with Crippen molar-refractivity contribution in [3.8, 4) is 0 Å². The predicted octanol–water partition coefficient (Wildman–Crippen LogP) is 3.26. The Morgan fingerprint density at radius 2 is 2.17 bits per heavy atom. The van der Waals surface area contributed by atoms with E-state index in [1.54, 1.807) is 13.0 Å². The van der Waals surface area contributed by atoms with E-state index in [1.807, 2.05) is 0 Å². The first-order chi connectivity index (χ1) is 5.54. The van der Waals surface area contributed by atoms with Crippen molar-refractivity contribution in [1.29, 1.82) is 0 Å². The molecule has 0 fully saturated rings. The van der Waals surface area contributed by atoms with Gasteiger partial charge in [0.15, 0.2) is 0 Å². The van der Waals surface area contributed by atoms with Gasteiger partial charge in [0.2, 0.25) is 0 Å². The molecule has 4 heteroatoms. The van der Waals surface area contributed by atoms with Crippen LogP contribution in [0.2, 0.25) is 5.02 Å². The van der Waals surface area contributed by atoms with E-state index < -0.39 is 5.82 Å². The molecule has 0 amide bonds. The first kappa shape index (κ1) is 9.96. The summed E-state index contributed by atoms with van der Waals surface area (Å²) < 4.78 is 13.9. The van der Waals surface area contributed by atoms with E-state index in [9.17, 15) is 4.39 Å². The molecule has 0 saturated heterocycles. The monoisotopic (exact) mass is 251 g/mol. The molecule has 12 heavy (non-hydrogen) atoms. The molecular weight excluding hydrogens is 244 g/mol. The van der Waals surface area contributed by atoms with E-state index in [-0.39, 0.29) is 11.1 Å². The molecule has 0 radical (unpaired) electrons. The minimum absolute atomic E-state index is 0.102. The molecule has 0 aliphatic carbocycles. The molecule has 0 bridgehead atoms. The molecule has 0 spiro atoms. The zero-order valence-corrected chi connectivity index (χ0v) is 8.79. The molecule has 1 aromatic rings. The van der Waals surface area contributed by atoms with Crippen molar-refractivity contribution < 1.29 is 4.39 Å². The zero-order chi connectivity index (χ0) is 9.30. The first-order valence-corrected chi connectivity index (χ1v) is 4.60. The summed E-state index contributed by atoms with van der Waals surface area (Å²) in [6.45, 7) is 1.71. The summed E-state index contributed by atoms with van der Waals surface area (Å²) in [7, 11) is 0. The van der Waals surface area contributed by atoms with Crippen LogP contribution < -0.4 is 5.73 Å². The molecule has 0 heterocycles. The van der Waals surface area contributed by atoms with Crippen LogP contribution in [0.1, 0.15) is 18.5 Å². The van der Waals surface area contributed by atoms with Crippen molar-refractivity contribution in [2.24, 2.45) is 5.73 Å². The van der Waals surface area contributed by atoms with Crippen LogP contribution in [-0.4, -0.2) is 0 Å². The number of hydrogen-bond acceptors (Lipinski definition) is 1. The van der Waals surface area contributed by atoms with Crippen LogP contribution in [0, 0.1) is 5.82 Å². The van der Waals surface area contributed by atoms with Gasteiger partial charge in [-0.05, 0) is 19.1 Å². The van der Waals surface area contributed by atoms with Gasteiger partial charge < -0.3 is 5.73 Å². The van der Waals surface area contributed by atoms with Crippen molar-refractivity contribution in [2.45, 2.75) is 13.0 Å². The van der Waals surface area contributed by atoms with E-state index in [0.717, 1.165) is 0 Å². The lowest BCUT2D eigenvalue weighted by molar-refractivity contribution is 0.592. The van der Waals surface area contributed by atoms with Gasteiger partial charge in [-0.25, -0.2) is 4.39 Å². The second kappa shape index (κ2) is 3.73. The molecule has 0 saturated carbocycles. The lowest BCUT2D eigenvalue weighted by atomic mass is 10.1. The molecule has 1 aromatic carbocycles. The molecule has 2 N–H and O–H groups in total. The van der Waals surface area contributed by atoms with Crippen LogP contribution in [0.15, 0.2) is 16.6 Å². The van der Waals surface area contributed by atoms with E-state index in [0.29, 0.717) is 10.0 Å². The zero-order valence-electron chi connectivity index (χ0n) is 6.44. The summed E-state index contributed by atoms with van der Waals surface area (Å²) in [6, 6.07) is 2.81. The van der Waals surface area contributed by atoms with Gasteiger partial charge in [-0.3, -0.25) is 0 Å². The number of halogens is 3. The Kier molecular flexibility index (Phi) is 3.09. The van der Waals surface area contributed by atoms with Gasteiger partial charge in [0.25, 0.3) is 0 Å². The smallest absolute Gasteiger partial charge is 0.147 e. The summed E-state index contributed by atoms with van der Waals surface area (Å²) in [6.07, 6.45) is 0. The van der Waals surface area contributed by atoms with E-state index in [4.69, 9.17) is 17.3 Å². The molecule has 1 nitrogen and oxygen atoms in total. The molecule has 1 rings (SSSR count). The first-order valence-electron chi connectivity index (χ1n) is 3.43. The highest BCUT2D eigenvalue weighted by atomic mass is 79.9. The van der Waals surface area contributed by atoms with Crippen molar-refractivity contribution in [3.63, 3.8) is 0 Å². The quantitative estimate of drug-likeness (QED) is 0.763. The van der Waals surface area contributed by atoms with Gasteiger partial charge in [0, 0.05) is 16.1 Å². The summed E-state index contributed by atoms with van der Waals surface area (Å²) in [4.78, 5) is 0. The SMILES string of the molecule is C[C@@H](N)c1c(Br)ccc(Cl)c1F. The number of rotatable bonds is 1. The van der Waals surface area contributed by atoms with Crippen LogP contribution in [0.25, 0.3) is 0 Å². The summed E-state index contributed by atoms with van der Waals surface area (Å²) >= 11 is 8.78. The number of nitrogens with two attached hydrogens (primary N) is 1. The lowest BCUT2D eigenvalue weighted by Crippen LogP contribution is -2.08. The standard InChI is InChI=1S/C8H8BrClFN/c1-4(12)7-5(9)2-3-6(10)8(7)11/h2-4H,12H2,1H3/t4-/m1/s1. The normalized spacial score (nSPS) is 13.1. The fraction of sp³-hybridized carbons (Fsp3) is 0.250. The van der Waals surface area contributed by atoms with E-state index >= 15 is 0 Å². The average molecular weight is 253 g/mol. The minimum Gasteiger partial charge on any atom is -0.324 e. The van der Waals surface area contributed by atoms with Crippen LogP contribution in [0.3, 0.4) is 0 Å². The highest BCUT2D eigenvalue weighted by molar-refractivity contribution is 9.10. The summed E-state index contributed by atoms with van der Waals surface area (Å²) in [5.74, 6) is -0.443. The third-order valence-corrected chi connectivity index (χ3v) is 2.52. The molecule has 1 atom stereocenters. The van der Waals surface area contributed by atoms with Gasteiger partial charge in [-0.1, -0.05) is 27.5 Å². The summed E-state index contributed by atoms with van der Waals surface area (Å²) in [5.41, 5.74) is 5.97. The van der Waals surface area contributed by atoms with Crippen LogP contribution >= 0.6 is 27.5 Å². The van der Waals surface area contributed by atoms with Gasteiger partial charge >= 0.3 is 0 Å². The molecule has 66 valence electrons. The maximum Gasteiger partial charge on any atom is 0.147 e. The van der Waals surface area contributed by atoms with Gasteiger partial charge in [-0.2, -0.15) is 0 Å². The maximum absolute atomic E-state index is 13.3. The van der Waals surface area contributed by atoms with Gasteiger partial charge in [0.05, 0.1) is 5.02 Å². The average Bonchev–Trinajstić information content (AvgIpc) is 1.97. The molecule has 0 aliphatic heterocycles. The highest BCUT2D eigenvalue weighted by Gasteiger charge is 2.13. The minimum atomic E-state index is -0.443. The van der Waals surface area contributed by atoms with Gasteiger partial charge in [-0.15, -0.1) is 0 Å². The highest BCUT2D eigenvalue weighted by Crippen LogP contribution is 2.29. The number of benzene rings is 1. The Hall–Kier alpha value is -0.120. The fourth-order valence-electron chi connectivity index (χ4n) is 0.960. The Bertz CT molecular complexity index is 301. The summed E-state index contributed by atoms with van der Waals surface area (Å²) in [5, 5.41) is 0.102. The van der Waals surface area contributed by atoms with Crippen molar-refractivity contribution in [2.75, 3.05) is 0 Å². The van der Waals surface area contributed by atoms with Crippen LogP contribution in [-0.2, 0) is 0 Å². The topological polar surface area (TPSA) is 26.0 Å². The molecule has 0 unspecified atom stereocenters. The van der Waals surface area contributed by atoms with Crippen LogP contribution in [0.4, 0.5) is 4.39 Å². The van der Waals surface area contributed by atoms with Gasteiger partial charge in [0.1, 0.15) is 5.82 Å². The lowest BCUT2D eigenvalue weighted by Gasteiger charge is -2.10. The third kappa shape index (κ3) is 1.79. The molecular formula is C8H8BrClFN. The van der Waals surface area contributed by atoms with E-state index in [2.05, 4.69) is 15.9 Å². The fourth-order valence-corrected chi connectivity index (χ4v) is 1.79. The molecule has 0 aliphatic rings. The van der Waals surface area contributed by atoms with Crippen molar-refractivity contribution >= 4 is 27.5 Å². The maximum atomic E-state index is 13.3. The Morgan fingerprint density at radius 1 is 1.58 bits per heavy atom. The second-order valence-corrected chi connectivity index (χ2v) is 3.81. The third-order valence-electron chi connectivity index (χ3n) is 1.53.